The van der Waals surface area contributed by atoms with Gasteiger partial charge in [-0.25, -0.2) is 4.98 Å². The fourth-order valence-electron chi connectivity index (χ4n) is 5.20. The highest BCUT2D eigenvalue weighted by molar-refractivity contribution is 7.19. The van der Waals surface area contributed by atoms with Crippen LogP contribution in [-0.4, -0.2) is 21.0 Å². The quantitative estimate of drug-likeness (QED) is 0.313. The van der Waals surface area contributed by atoms with Crippen molar-refractivity contribution in [2.75, 3.05) is 6.54 Å². The molecule has 0 fully saturated rings. The molecule has 0 spiro atoms. The van der Waals surface area contributed by atoms with Gasteiger partial charge in [-0.3, -0.25) is 14.3 Å². The molecule has 5 heteroatoms. The molecule has 4 nitrogen and oxygen atoms in total. The van der Waals surface area contributed by atoms with Gasteiger partial charge in [0, 0.05) is 35.6 Å². The average Bonchev–Trinajstić information content (AvgIpc) is 3.30. The van der Waals surface area contributed by atoms with Crippen LogP contribution in [-0.2, 0) is 19.5 Å². The SMILES string of the molecule is Cc1nc2c(c(=O)n1C(c1ccccc1)c1ccccc1)CN(Cc1cc3ccccc3s1)CC2. The molecule has 1 aliphatic heterocycles. The van der Waals surface area contributed by atoms with Gasteiger partial charge in [-0.15, -0.1) is 11.3 Å². The molecule has 5 aromatic rings. The number of fused-ring (bicyclic) bond motifs is 2. The molecule has 35 heavy (non-hydrogen) atoms. The number of rotatable bonds is 5. The molecule has 3 aromatic carbocycles. The van der Waals surface area contributed by atoms with Crippen molar-refractivity contribution in [1.82, 2.24) is 14.5 Å². The Bertz CT molecular complexity index is 1470. The molecule has 0 N–H and O–H groups in total. The zero-order valence-corrected chi connectivity index (χ0v) is 20.5. The first-order valence-electron chi connectivity index (χ1n) is 12.1. The normalized spacial score (nSPS) is 13.9. The van der Waals surface area contributed by atoms with Crippen LogP contribution in [0, 0.1) is 6.92 Å². The maximum atomic E-state index is 14.1. The first kappa shape index (κ1) is 22.0. The number of thiophene rings is 1. The lowest BCUT2D eigenvalue weighted by molar-refractivity contribution is 0.242. The van der Waals surface area contributed by atoms with Crippen molar-refractivity contribution in [2.24, 2.45) is 0 Å². The summed E-state index contributed by atoms with van der Waals surface area (Å²) >= 11 is 1.84. The van der Waals surface area contributed by atoms with Crippen LogP contribution in [0.4, 0.5) is 0 Å². The topological polar surface area (TPSA) is 38.1 Å². The number of hydrogen-bond acceptors (Lipinski definition) is 4. The van der Waals surface area contributed by atoms with Gasteiger partial charge in [0.1, 0.15) is 5.82 Å². The lowest BCUT2D eigenvalue weighted by Gasteiger charge is -2.30. The third-order valence-electron chi connectivity index (χ3n) is 6.86. The van der Waals surface area contributed by atoms with E-state index >= 15 is 0 Å². The molecule has 0 bridgehead atoms. The molecule has 0 atom stereocenters. The summed E-state index contributed by atoms with van der Waals surface area (Å²) in [6, 6.07) is 31.1. The highest BCUT2D eigenvalue weighted by Crippen LogP contribution is 2.29. The lowest BCUT2D eigenvalue weighted by atomic mass is 9.97. The van der Waals surface area contributed by atoms with Crippen LogP contribution >= 0.6 is 11.3 Å². The van der Waals surface area contributed by atoms with E-state index in [1.165, 1.54) is 15.0 Å². The van der Waals surface area contributed by atoms with E-state index in [1.807, 2.05) is 59.2 Å². The fraction of sp³-hybridized carbons (Fsp3) is 0.200. The number of nitrogens with zero attached hydrogens (tertiary/aromatic N) is 3. The Hall–Kier alpha value is -3.54. The second kappa shape index (κ2) is 9.25. The van der Waals surface area contributed by atoms with Crippen LogP contribution in [0.1, 0.15) is 39.1 Å². The maximum Gasteiger partial charge on any atom is 0.259 e. The molecule has 3 heterocycles. The second-order valence-electron chi connectivity index (χ2n) is 9.19. The van der Waals surface area contributed by atoms with Crippen molar-refractivity contribution in [2.45, 2.75) is 32.5 Å². The van der Waals surface area contributed by atoms with Gasteiger partial charge in [0.2, 0.25) is 0 Å². The summed E-state index contributed by atoms with van der Waals surface area (Å²) in [5.74, 6) is 0.768. The summed E-state index contributed by atoms with van der Waals surface area (Å²) in [6.07, 6.45) is 0.804. The zero-order chi connectivity index (χ0) is 23.8. The maximum absolute atomic E-state index is 14.1. The van der Waals surface area contributed by atoms with E-state index in [1.54, 1.807) is 0 Å². The van der Waals surface area contributed by atoms with Gasteiger partial charge in [0.15, 0.2) is 0 Å². The first-order chi connectivity index (χ1) is 17.2. The van der Waals surface area contributed by atoms with Gasteiger partial charge < -0.3 is 0 Å². The molecular formula is C30H27N3OS. The summed E-state index contributed by atoms with van der Waals surface area (Å²) in [7, 11) is 0. The number of benzene rings is 3. The number of hydrogen-bond donors (Lipinski definition) is 0. The van der Waals surface area contributed by atoms with Crippen LogP contribution in [0.3, 0.4) is 0 Å². The Labute approximate surface area is 209 Å². The van der Waals surface area contributed by atoms with E-state index in [4.69, 9.17) is 4.98 Å². The van der Waals surface area contributed by atoms with Crippen LogP contribution in [0.15, 0.2) is 95.8 Å². The smallest absolute Gasteiger partial charge is 0.259 e. The molecule has 2 aromatic heterocycles. The predicted molar refractivity (Wildman–Crippen MR) is 143 cm³/mol. The minimum atomic E-state index is -0.208. The summed E-state index contributed by atoms with van der Waals surface area (Å²) in [5, 5.41) is 1.29. The molecule has 0 aliphatic carbocycles. The van der Waals surface area contributed by atoms with E-state index in [0.29, 0.717) is 6.54 Å². The fourth-order valence-corrected chi connectivity index (χ4v) is 6.31. The van der Waals surface area contributed by atoms with Gasteiger partial charge in [0.05, 0.1) is 17.3 Å². The molecular weight excluding hydrogens is 450 g/mol. The van der Waals surface area contributed by atoms with Gasteiger partial charge in [-0.1, -0.05) is 78.9 Å². The summed E-state index contributed by atoms with van der Waals surface area (Å²) < 4.78 is 3.21. The minimum Gasteiger partial charge on any atom is -0.293 e. The first-order valence-corrected chi connectivity index (χ1v) is 12.9. The molecule has 174 valence electrons. The Morgan fingerprint density at radius 1 is 0.914 bits per heavy atom. The monoisotopic (exact) mass is 477 g/mol. The van der Waals surface area contributed by atoms with Crippen LogP contribution in [0.25, 0.3) is 10.1 Å². The average molecular weight is 478 g/mol. The van der Waals surface area contributed by atoms with E-state index < -0.39 is 0 Å². The Kier molecular flexibility index (Phi) is 5.80. The molecule has 1 aliphatic rings. The van der Waals surface area contributed by atoms with Crippen molar-refractivity contribution < 1.29 is 0 Å². The lowest BCUT2D eigenvalue weighted by Crippen LogP contribution is -2.40. The van der Waals surface area contributed by atoms with Crippen molar-refractivity contribution in [3.63, 3.8) is 0 Å². The third-order valence-corrected chi connectivity index (χ3v) is 7.96. The Morgan fingerprint density at radius 2 is 1.57 bits per heavy atom. The van der Waals surface area contributed by atoms with Crippen molar-refractivity contribution in [3.05, 3.63) is 134 Å². The van der Waals surface area contributed by atoms with Crippen LogP contribution < -0.4 is 5.56 Å². The molecule has 6 rings (SSSR count). The van der Waals surface area contributed by atoms with E-state index in [9.17, 15) is 4.79 Å². The largest absolute Gasteiger partial charge is 0.293 e. The van der Waals surface area contributed by atoms with E-state index in [2.05, 4.69) is 59.5 Å². The highest BCUT2D eigenvalue weighted by atomic mass is 32.1. The van der Waals surface area contributed by atoms with Crippen molar-refractivity contribution in [1.29, 1.82) is 0 Å². The molecule has 0 unspecified atom stereocenters. The Morgan fingerprint density at radius 3 is 2.26 bits per heavy atom. The van der Waals surface area contributed by atoms with Crippen LogP contribution in [0.5, 0.6) is 0 Å². The van der Waals surface area contributed by atoms with Gasteiger partial charge in [-0.05, 0) is 35.6 Å². The van der Waals surface area contributed by atoms with Crippen molar-refractivity contribution in [3.8, 4) is 0 Å². The molecule has 0 amide bonds. The van der Waals surface area contributed by atoms with Gasteiger partial charge in [-0.2, -0.15) is 0 Å². The standard InChI is InChI=1S/C30H27N3OS/c1-21-31-27-16-17-32(19-25-18-24-14-8-9-15-28(24)35-25)20-26(27)30(34)33(21)29(22-10-4-2-5-11-22)23-12-6-3-7-13-23/h2-15,18,29H,16-17,19-20H2,1H3. The van der Waals surface area contributed by atoms with Gasteiger partial charge >= 0.3 is 0 Å². The van der Waals surface area contributed by atoms with E-state index in [0.717, 1.165) is 47.7 Å². The van der Waals surface area contributed by atoms with Gasteiger partial charge in [0.25, 0.3) is 5.56 Å². The van der Waals surface area contributed by atoms with E-state index in [-0.39, 0.29) is 11.6 Å². The number of aromatic nitrogens is 2. The minimum absolute atomic E-state index is 0.0752. The second-order valence-corrected chi connectivity index (χ2v) is 10.4. The highest BCUT2D eigenvalue weighted by Gasteiger charge is 2.27. The summed E-state index contributed by atoms with van der Waals surface area (Å²) in [4.78, 5) is 22.7. The summed E-state index contributed by atoms with van der Waals surface area (Å²) in [5.41, 5.74) is 4.04. The Balaban J connectivity index is 1.38. The molecule has 0 radical (unpaired) electrons. The molecule has 0 saturated heterocycles. The summed E-state index contributed by atoms with van der Waals surface area (Å²) in [6.45, 7) is 4.36. The predicted octanol–water partition coefficient (Wildman–Crippen LogP) is 5.96. The van der Waals surface area contributed by atoms with Crippen molar-refractivity contribution >= 4 is 21.4 Å². The number of aryl methyl sites for hydroxylation is 1. The molecule has 0 saturated carbocycles. The van der Waals surface area contributed by atoms with Crippen LogP contribution in [0.2, 0.25) is 0 Å². The zero-order valence-electron chi connectivity index (χ0n) is 19.7. The third kappa shape index (κ3) is 4.22.